The molecule has 3 nitrogen and oxygen atoms in total. The first-order valence-corrected chi connectivity index (χ1v) is 2.04. The smallest absolute Gasteiger partial charge is 0.0764 e. The Hall–Kier alpha value is -0.600. The number of aromatic nitrogens is 2. The van der Waals surface area contributed by atoms with Crippen molar-refractivity contribution < 1.29 is 4.63 Å². The Labute approximate surface area is 36.0 Å². The minimum Gasteiger partial charge on any atom is -0.255 e. The monoisotopic (exact) mass is 88.1 g/mol. The average Bonchev–Trinajstić information content (AvgIpc) is 2.19. The summed E-state index contributed by atoms with van der Waals surface area (Å²) in [7, 11) is 1.86. The highest BCUT2D eigenvalue weighted by molar-refractivity contribution is 4.19. The second-order valence-electron chi connectivity index (χ2n) is 1.21. The molecule has 6 heavy (non-hydrogen) atoms. The largest absolute Gasteiger partial charge is 0.255 e. The molecule has 0 bridgehead atoms. The molecule has 0 amide bonds. The molecule has 0 aliphatic heterocycles. The standard InChI is InChI=1S/C3H8N2O/c1-3-5-4(2)6-5/h3H2,1-2H3. The van der Waals surface area contributed by atoms with Crippen LogP contribution in [0, 0.1) is 0 Å². The summed E-state index contributed by atoms with van der Waals surface area (Å²) in [5, 5.41) is 0. The number of rotatable bonds is 1. The van der Waals surface area contributed by atoms with E-state index in [9.17, 15) is 0 Å². The lowest BCUT2D eigenvalue weighted by atomic mass is 10.8. The summed E-state index contributed by atoms with van der Waals surface area (Å²) in [5.74, 6) is 0. The molecule has 0 aromatic carbocycles. The second kappa shape index (κ2) is 0.929. The molecule has 0 N–H and O–H groups in total. The van der Waals surface area contributed by atoms with Crippen molar-refractivity contribution in [2.24, 2.45) is 7.05 Å². The van der Waals surface area contributed by atoms with Gasteiger partial charge in [-0.2, -0.15) is 0 Å². The molecule has 0 aliphatic rings. The van der Waals surface area contributed by atoms with Gasteiger partial charge in [0.25, 0.3) is 0 Å². The molecule has 0 spiro atoms. The number of hydrogen-bond donors (Lipinski definition) is 0. The topological polar surface area (TPSA) is 23.0 Å². The van der Waals surface area contributed by atoms with E-state index in [2.05, 4.69) is 0 Å². The zero-order valence-corrected chi connectivity index (χ0v) is 4.01. The summed E-state index contributed by atoms with van der Waals surface area (Å²) >= 11 is 0. The van der Waals surface area contributed by atoms with Crippen molar-refractivity contribution in [3.8, 4) is 0 Å². The Kier molecular flexibility index (Phi) is 0.555. The van der Waals surface area contributed by atoms with E-state index in [-0.39, 0.29) is 0 Å². The van der Waals surface area contributed by atoms with E-state index in [0.29, 0.717) is 0 Å². The molecular weight excluding hydrogens is 80.0 g/mol. The van der Waals surface area contributed by atoms with Crippen molar-refractivity contribution in [3.05, 3.63) is 0 Å². The van der Waals surface area contributed by atoms with Crippen LogP contribution in [0.4, 0.5) is 0 Å². The fourth-order valence-corrected chi connectivity index (χ4v) is 0.377. The van der Waals surface area contributed by atoms with E-state index in [4.69, 9.17) is 4.63 Å². The molecule has 1 aromatic rings. The molecule has 0 saturated heterocycles. The molecule has 1 rings (SSSR count). The first kappa shape index (κ1) is 3.59. The Morgan fingerprint density at radius 1 is 1.67 bits per heavy atom. The van der Waals surface area contributed by atoms with Crippen LogP contribution in [0.25, 0.3) is 0 Å². The van der Waals surface area contributed by atoms with E-state index in [1.165, 1.54) is 0 Å². The molecule has 0 radical (unpaired) electrons. The Morgan fingerprint density at radius 3 is 2.17 bits per heavy atom. The highest BCUT2D eigenvalue weighted by Crippen LogP contribution is 1.89. The average molecular weight is 88.1 g/mol. The summed E-state index contributed by atoms with van der Waals surface area (Å²) in [5.41, 5.74) is 0. The van der Waals surface area contributed by atoms with Crippen LogP contribution in [0.5, 0.6) is 0 Å². The van der Waals surface area contributed by atoms with Crippen molar-refractivity contribution in [1.82, 2.24) is 9.71 Å². The predicted molar refractivity (Wildman–Crippen MR) is 21.3 cm³/mol. The summed E-state index contributed by atoms with van der Waals surface area (Å²) < 4.78 is 4.73. The zero-order valence-electron chi connectivity index (χ0n) is 4.01. The van der Waals surface area contributed by atoms with Crippen LogP contribution >= 0.6 is 0 Å². The van der Waals surface area contributed by atoms with Gasteiger partial charge in [-0.3, -0.25) is 4.63 Å². The summed E-state index contributed by atoms with van der Waals surface area (Å²) in [4.78, 5) is 3.43. The molecule has 3 heteroatoms. The summed E-state index contributed by atoms with van der Waals surface area (Å²) in [6, 6.07) is 0. The molecule has 0 fully saturated rings. The van der Waals surface area contributed by atoms with E-state index in [1.54, 1.807) is 9.71 Å². The molecule has 0 aliphatic carbocycles. The fraction of sp³-hybridized carbons (Fsp3) is 1.00. The van der Waals surface area contributed by atoms with Gasteiger partial charge in [0.1, 0.15) is 0 Å². The Balaban J connectivity index is 2.45. The van der Waals surface area contributed by atoms with Gasteiger partial charge in [-0.25, -0.2) is 0 Å². The maximum absolute atomic E-state index is 4.73. The lowest BCUT2D eigenvalue weighted by Gasteiger charge is -1.67. The lowest BCUT2D eigenvalue weighted by molar-refractivity contribution is 0.421. The number of aryl methyl sites for hydroxylation is 2. The molecule has 0 atom stereocenters. The van der Waals surface area contributed by atoms with Crippen LogP contribution in [0.3, 0.4) is 0 Å². The van der Waals surface area contributed by atoms with Crippen LogP contribution in [0.1, 0.15) is 6.92 Å². The lowest BCUT2D eigenvalue weighted by Crippen LogP contribution is -1.84. The first-order valence-electron chi connectivity index (χ1n) is 2.04. The van der Waals surface area contributed by atoms with Gasteiger partial charge in [0, 0.05) is 0 Å². The van der Waals surface area contributed by atoms with Gasteiger partial charge in [0.2, 0.25) is 0 Å². The third-order valence-corrected chi connectivity index (χ3v) is 0.772. The second-order valence-corrected chi connectivity index (χ2v) is 1.21. The highest BCUT2D eigenvalue weighted by Gasteiger charge is 1.96. The van der Waals surface area contributed by atoms with E-state index < -0.39 is 0 Å². The molecule has 1 aromatic heterocycles. The van der Waals surface area contributed by atoms with Crippen LogP contribution in [-0.2, 0) is 13.6 Å². The van der Waals surface area contributed by atoms with Gasteiger partial charge in [0.15, 0.2) is 0 Å². The normalized spacial score (nSPS) is 10.3. The predicted octanol–water partition coefficient (Wildman–Crippen LogP) is 0.440. The summed E-state index contributed by atoms with van der Waals surface area (Å²) in [6.45, 7) is 2.97. The SMILES string of the molecule is CCn1on1C. The maximum atomic E-state index is 4.73. The van der Waals surface area contributed by atoms with Crippen molar-refractivity contribution >= 4 is 0 Å². The first-order chi connectivity index (χ1) is 2.84. The minimum atomic E-state index is 0.941. The zero-order chi connectivity index (χ0) is 4.57. The van der Waals surface area contributed by atoms with Crippen LogP contribution < -0.4 is 0 Å². The minimum absolute atomic E-state index is 0.941. The molecule has 36 valence electrons. The van der Waals surface area contributed by atoms with Crippen LogP contribution in [0.2, 0.25) is 0 Å². The maximum Gasteiger partial charge on any atom is 0.0764 e. The molecule has 0 unspecified atom stereocenters. The van der Waals surface area contributed by atoms with Gasteiger partial charge < -0.3 is 0 Å². The third kappa shape index (κ3) is 0.358. The van der Waals surface area contributed by atoms with Gasteiger partial charge in [-0.15, -0.1) is 0 Å². The fourth-order valence-electron chi connectivity index (χ4n) is 0.377. The molecular formula is C3H8N2O. The van der Waals surface area contributed by atoms with Crippen LogP contribution in [-0.4, -0.2) is 9.71 Å². The van der Waals surface area contributed by atoms with Gasteiger partial charge in [0.05, 0.1) is 13.6 Å². The van der Waals surface area contributed by atoms with Gasteiger partial charge in [-0.1, -0.05) is 9.71 Å². The third-order valence-electron chi connectivity index (χ3n) is 0.772. The van der Waals surface area contributed by atoms with E-state index >= 15 is 0 Å². The van der Waals surface area contributed by atoms with E-state index in [1.807, 2.05) is 14.0 Å². The number of hydrogen-bond acceptors (Lipinski definition) is 1. The molecule has 1 heterocycles. The number of nitrogens with zero attached hydrogens (tertiary/aromatic N) is 2. The Bertz CT molecular complexity index is 115. The quantitative estimate of drug-likeness (QED) is 0.488. The highest BCUT2D eigenvalue weighted by atomic mass is 16.8. The molecule has 0 saturated carbocycles. The van der Waals surface area contributed by atoms with E-state index in [0.717, 1.165) is 6.54 Å². The van der Waals surface area contributed by atoms with Crippen molar-refractivity contribution in [2.75, 3.05) is 0 Å². The van der Waals surface area contributed by atoms with Crippen molar-refractivity contribution in [2.45, 2.75) is 13.5 Å². The Morgan fingerprint density at radius 2 is 2.17 bits per heavy atom. The van der Waals surface area contributed by atoms with Crippen LogP contribution in [0.15, 0.2) is 4.63 Å². The van der Waals surface area contributed by atoms with Gasteiger partial charge in [-0.05, 0) is 6.92 Å². The van der Waals surface area contributed by atoms with Gasteiger partial charge >= 0.3 is 0 Å². The van der Waals surface area contributed by atoms with Crippen molar-refractivity contribution in [3.63, 3.8) is 0 Å². The summed E-state index contributed by atoms with van der Waals surface area (Å²) in [6.07, 6.45) is 0. The van der Waals surface area contributed by atoms with Crippen molar-refractivity contribution in [1.29, 1.82) is 0 Å².